The maximum absolute atomic E-state index is 9.25. The van der Waals surface area contributed by atoms with Crippen molar-refractivity contribution in [3.8, 4) is 6.07 Å². The largest absolute Gasteiger partial charge is 0.307 e. The third-order valence-electron chi connectivity index (χ3n) is 2.82. The molecule has 4 nitrogen and oxygen atoms in total. The first kappa shape index (κ1) is 11.2. The van der Waals surface area contributed by atoms with E-state index in [-0.39, 0.29) is 0 Å². The van der Waals surface area contributed by atoms with Crippen LogP contribution < -0.4 is 0 Å². The Kier molecular flexibility index (Phi) is 2.79. The molecule has 4 heteroatoms. The molecule has 0 spiro atoms. The quantitative estimate of drug-likeness (QED) is 0.653. The Labute approximate surface area is 110 Å². The number of rotatable bonds is 2. The molecular formula is C15H10N4. The Balaban J connectivity index is 2.05. The molecule has 0 aliphatic heterocycles. The van der Waals surface area contributed by atoms with Crippen LogP contribution in [-0.2, 0) is 0 Å². The van der Waals surface area contributed by atoms with E-state index in [1.165, 1.54) is 0 Å². The molecule has 0 bridgehead atoms. The monoisotopic (exact) mass is 246 g/mol. The number of allylic oxidation sites excluding steroid dienone is 1. The number of nitriles is 1. The summed E-state index contributed by atoms with van der Waals surface area (Å²) >= 11 is 0. The lowest BCUT2D eigenvalue weighted by atomic mass is 10.1. The average Bonchev–Trinajstić information content (AvgIpc) is 2.93. The van der Waals surface area contributed by atoms with E-state index in [1.807, 2.05) is 47.1 Å². The van der Waals surface area contributed by atoms with Gasteiger partial charge in [0.1, 0.15) is 5.65 Å². The molecule has 3 aromatic heterocycles. The molecule has 0 aromatic carbocycles. The van der Waals surface area contributed by atoms with Crippen molar-refractivity contribution in [1.29, 1.82) is 5.26 Å². The van der Waals surface area contributed by atoms with Gasteiger partial charge < -0.3 is 4.40 Å². The molecule has 90 valence electrons. The van der Waals surface area contributed by atoms with Crippen molar-refractivity contribution >= 4 is 17.3 Å². The van der Waals surface area contributed by atoms with Gasteiger partial charge in [0.05, 0.1) is 11.6 Å². The van der Waals surface area contributed by atoms with E-state index < -0.39 is 0 Å². The van der Waals surface area contributed by atoms with E-state index in [0.717, 1.165) is 16.8 Å². The number of hydrogen-bond acceptors (Lipinski definition) is 3. The lowest BCUT2D eigenvalue weighted by molar-refractivity contribution is 1.18. The zero-order valence-electron chi connectivity index (χ0n) is 10.1. The van der Waals surface area contributed by atoms with E-state index in [0.29, 0.717) is 5.57 Å². The van der Waals surface area contributed by atoms with Crippen LogP contribution >= 0.6 is 0 Å². The molecule has 3 rings (SSSR count). The highest BCUT2D eigenvalue weighted by atomic mass is 15.0. The van der Waals surface area contributed by atoms with E-state index in [9.17, 15) is 5.26 Å². The second kappa shape index (κ2) is 4.75. The van der Waals surface area contributed by atoms with Gasteiger partial charge >= 0.3 is 0 Å². The molecule has 3 aromatic rings. The molecule has 0 unspecified atom stereocenters. The molecule has 0 atom stereocenters. The van der Waals surface area contributed by atoms with Gasteiger partial charge in [-0.05, 0) is 29.8 Å². The van der Waals surface area contributed by atoms with Crippen LogP contribution in [0.15, 0.2) is 55.2 Å². The third-order valence-corrected chi connectivity index (χ3v) is 2.82. The highest BCUT2D eigenvalue weighted by Gasteiger charge is 2.01. The van der Waals surface area contributed by atoms with Crippen LogP contribution in [0.5, 0.6) is 0 Å². The summed E-state index contributed by atoms with van der Waals surface area (Å²) in [6.07, 6.45) is 10.8. The molecule has 0 N–H and O–H groups in total. The Morgan fingerprint density at radius 1 is 1.26 bits per heavy atom. The van der Waals surface area contributed by atoms with Crippen molar-refractivity contribution in [2.24, 2.45) is 0 Å². The molecule has 0 radical (unpaired) electrons. The van der Waals surface area contributed by atoms with Gasteiger partial charge in [-0.2, -0.15) is 5.26 Å². The van der Waals surface area contributed by atoms with Crippen LogP contribution in [0.3, 0.4) is 0 Å². The van der Waals surface area contributed by atoms with Gasteiger partial charge in [0.2, 0.25) is 0 Å². The predicted molar refractivity (Wildman–Crippen MR) is 72.9 cm³/mol. The average molecular weight is 246 g/mol. The van der Waals surface area contributed by atoms with Crippen molar-refractivity contribution in [2.75, 3.05) is 0 Å². The first-order valence-electron chi connectivity index (χ1n) is 5.82. The summed E-state index contributed by atoms with van der Waals surface area (Å²) in [6, 6.07) is 9.76. The molecule has 0 aliphatic carbocycles. The summed E-state index contributed by atoms with van der Waals surface area (Å²) in [5, 5.41) is 9.25. The van der Waals surface area contributed by atoms with Crippen LogP contribution in [0.1, 0.15) is 11.1 Å². The topological polar surface area (TPSA) is 54.0 Å². The van der Waals surface area contributed by atoms with E-state index in [1.54, 1.807) is 18.6 Å². The normalized spacial score (nSPS) is 11.4. The molecule has 3 heterocycles. The first-order chi connectivity index (χ1) is 9.36. The summed E-state index contributed by atoms with van der Waals surface area (Å²) in [5.41, 5.74) is 3.24. The fraction of sp³-hybridized carbons (Fsp3) is 0. The first-order valence-corrected chi connectivity index (χ1v) is 5.82. The van der Waals surface area contributed by atoms with Crippen LogP contribution in [0.2, 0.25) is 0 Å². The lowest BCUT2D eigenvalue weighted by Crippen LogP contribution is -1.86. The minimum Gasteiger partial charge on any atom is -0.307 e. The second-order valence-corrected chi connectivity index (χ2v) is 4.07. The number of aromatic nitrogens is 3. The zero-order chi connectivity index (χ0) is 13.1. The minimum absolute atomic E-state index is 0.590. The van der Waals surface area contributed by atoms with Crippen molar-refractivity contribution in [3.63, 3.8) is 0 Å². The molecule has 0 fully saturated rings. The molecule has 0 aliphatic rings. The van der Waals surface area contributed by atoms with E-state index in [4.69, 9.17) is 0 Å². The number of imidazole rings is 1. The van der Waals surface area contributed by atoms with Crippen molar-refractivity contribution in [3.05, 3.63) is 66.4 Å². The van der Waals surface area contributed by atoms with Crippen LogP contribution in [0, 0.1) is 11.3 Å². The summed E-state index contributed by atoms with van der Waals surface area (Å²) in [7, 11) is 0. The van der Waals surface area contributed by atoms with Gasteiger partial charge in [0, 0.05) is 36.5 Å². The van der Waals surface area contributed by atoms with Gasteiger partial charge in [-0.1, -0.05) is 6.07 Å². The molecule has 0 saturated carbocycles. The van der Waals surface area contributed by atoms with Gasteiger partial charge in [-0.15, -0.1) is 0 Å². The summed E-state index contributed by atoms with van der Waals surface area (Å²) in [6.45, 7) is 0. The third kappa shape index (κ3) is 2.22. The number of nitrogens with zero attached hydrogens (tertiary/aromatic N) is 4. The van der Waals surface area contributed by atoms with Crippen LogP contribution in [0.25, 0.3) is 17.3 Å². The Morgan fingerprint density at radius 3 is 3.00 bits per heavy atom. The molecule has 19 heavy (non-hydrogen) atoms. The van der Waals surface area contributed by atoms with Crippen LogP contribution in [0.4, 0.5) is 0 Å². The Bertz CT molecular complexity index is 779. The van der Waals surface area contributed by atoms with Gasteiger partial charge in [0.25, 0.3) is 0 Å². The predicted octanol–water partition coefficient (Wildman–Crippen LogP) is 2.79. The fourth-order valence-corrected chi connectivity index (χ4v) is 1.89. The Morgan fingerprint density at radius 2 is 2.21 bits per heavy atom. The molecule has 0 amide bonds. The maximum atomic E-state index is 9.25. The summed E-state index contributed by atoms with van der Waals surface area (Å²) in [5.74, 6) is 0. The summed E-state index contributed by atoms with van der Waals surface area (Å²) < 4.78 is 1.92. The van der Waals surface area contributed by atoms with E-state index >= 15 is 0 Å². The van der Waals surface area contributed by atoms with E-state index in [2.05, 4.69) is 16.0 Å². The van der Waals surface area contributed by atoms with Gasteiger partial charge in [0.15, 0.2) is 0 Å². The zero-order valence-corrected chi connectivity index (χ0v) is 10.1. The SMILES string of the molecule is N#CC(=Cc1ccc2nccn2c1)c1cccnc1. The van der Waals surface area contributed by atoms with Crippen molar-refractivity contribution in [1.82, 2.24) is 14.4 Å². The maximum Gasteiger partial charge on any atom is 0.136 e. The lowest BCUT2D eigenvalue weighted by Gasteiger charge is -2.00. The van der Waals surface area contributed by atoms with Gasteiger partial charge in [-0.3, -0.25) is 4.98 Å². The fourth-order valence-electron chi connectivity index (χ4n) is 1.89. The molecule has 0 saturated heterocycles. The standard InChI is InChI=1S/C15H10N4/c16-9-14(13-2-1-5-17-10-13)8-12-3-4-15-18-6-7-19(15)11-12/h1-8,10-11H. The van der Waals surface area contributed by atoms with Gasteiger partial charge in [-0.25, -0.2) is 4.98 Å². The van der Waals surface area contributed by atoms with Crippen molar-refractivity contribution in [2.45, 2.75) is 0 Å². The summed E-state index contributed by atoms with van der Waals surface area (Å²) in [4.78, 5) is 8.21. The number of pyridine rings is 2. The number of fused-ring (bicyclic) bond motifs is 1. The highest BCUT2D eigenvalue weighted by molar-refractivity contribution is 5.89. The van der Waals surface area contributed by atoms with Crippen LogP contribution in [-0.4, -0.2) is 14.4 Å². The number of hydrogen-bond donors (Lipinski definition) is 0. The molecular weight excluding hydrogens is 236 g/mol. The minimum atomic E-state index is 0.590. The Hall–Kier alpha value is -2.93. The van der Waals surface area contributed by atoms with Crippen molar-refractivity contribution < 1.29 is 0 Å². The smallest absolute Gasteiger partial charge is 0.136 e. The second-order valence-electron chi connectivity index (χ2n) is 4.07. The highest BCUT2D eigenvalue weighted by Crippen LogP contribution is 2.16.